The van der Waals surface area contributed by atoms with Gasteiger partial charge in [0.1, 0.15) is 0 Å². The molecule has 0 radical (unpaired) electrons. The predicted molar refractivity (Wildman–Crippen MR) is 29.2 cm³/mol. The van der Waals surface area contributed by atoms with E-state index in [1.54, 1.807) is 22.6 Å². The maximum absolute atomic E-state index is 11.4. The number of rotatable bonds is 1. The molecule has 0 fully saturated rings. The standard InChI is InChI=1S/C3H6FI/c1-2-3(4)5/h3H,2H2,1H3. The van der Waals surface area contributed by atoms with Gasteiger partial charge in [-0.3, -0.25) is 0 Å². The summed E-state index contributed by atoms with van der Waals surface area (Å²) in [4.78, 5) is 0. The number of alkyl halides is 2. The highest BCUT2D eigenvalue weighted by Gasteiger charge is 1.88. The Kier molecular flexibility index (Phi) is 3.25. The van der Waals surface area contributed by atoms with Crippen LogP contribution in [-0.4, -0.2) is 4.18 Å². The number of hydrogen-bond acceptors (Lipinski definition) is 0. The molecule has 32 valence electrons. The fourth-order valence-corrected chi connectivity index (χ4v) is 0. The van der Waals surface area contributed by atoms with Crippen LogP contribution in [0.2, 0.25) is 0 Å². The lowest BCUT2D eigenvalue weighted by Gasteiger charge is -1.83. The molecule has 0 heterocycles. The first kappa shape index (κ1) is 5.66. The van der Waals surface area contributed by atoms with Crippen molar-refractivity contribution in [3.05, 3.63) is 0 Å². The third kappa shape index (κ3) is 4.66. The highest BCUT2D eigenvalue weighted by Crippen LogP contribution is 2.03. The molecule has 0 aliphatic rings. The van der Waals surface area contributed by atoms with E-state index in [2.05, 4.69) is 0 Å². The van der Waals surface area contributed by atoms with Crippen molar-refractivity contribution in [2.75, 3.05) is 0 Å². The fourth-order valence-electron chi connectivity index (χ4n) is 0. The third-order valence-electron chi connectivity index (χ3n) is 0.309. The van der Waals surface area contributed by atoms with Gasteiger partial charge >= 0.3 is 0 Å². The third-order valence-corrected chi connectivity index (χ3v) is 1.19. The molecule has 0 aromatic rings. The Morgan fingerprint density at radius 3 is 2.20 bits per heavy atom. The van der Waals surface area contributed by atoms with Gasteiger partial charge in [0, 0.05) is 0 Å². The first-order valence-electron chi connectivity index (χ1n) is 1.55. The molecule has 0 rings (SSSR count). The zero-order valence-electron chi connectivity index (χ0n) is 3.04. The number of halogens is 2. The van der Waals surface area contributed by atoms with E-state index in [9.17, 15) is 4.39 Å². The van der Waals surface area contributed by atoms with Crippen LogP contribution in [0.4, 0.5) is 4.39 Å². The van der Waals surface area contributed by atoms with Crippen molar-refractivity contribution in [2.24, 2.45) is 0 Å². The Morgan fingerprint density at radius 1 is 2.00 bits per heavy atom. The van der Waals surface area contributed by atoms with Crippen molar-refractivity contribution in [2.45, 2.75) is 17.5 Å². The van der Waals surface area contributed by atoms with Gasteiger partial charge in [0.05, 0.1) is 0 Å². The molecule has 0 bridgehead atoms. The lowest BCUT2D eigenvalue weighted by atomic mass is 10.6. The van der Waals surface area contributed by atoms with Crippen molar-refractivity contribution in [3.8, 4) is 0 Å². The van der Waals surface area contributed by atoms with E-state index in [4.69, 9.17) is 0 Å². The van der Waals surface area contributed by atoms with Gasteiger partial charge in [-0.25, -0.2) is 4.39 Å². The summed E-state index contributed by atoms with van der Waals surface area (Å²) in [6.07, 6.45) is 0.626. The predicted octanol–water partition coefficient (Wildman–Crippen LogP) is 2.13. The quantitative estimate of drug-likeness (QED) is 0.436. The van der Waals surface area contributed by atoms with E-state index >= 15 is 0 Å². The molecule has 0 aliphatic heterocycles. The summed E-state index contributed by atoms with van der Waals surface area (Å²) < 4.78 is 10.8. The molecule has 0 saturated heterocycles. The van der Waals surface area contributed by atoms with Crippen LogP contribution in [0.3, 0.4) is 0 Å². The molecule has 0 saturated carbocycles. The van der Waals surface area contributed by atoms with Crippen molar-refractivity contribution < 1.29 is 4.39 Å². The lowest BCUT2D eigenvalue weighted by molar-refractivity contribution is 0.463. The van der Waals surface area contributed by atoms with Gasteiger partial charge in [-0.05, 0) is 29.0 Å². The van der Waals surface area contributed by atoms with Gasteiger partial charge in [0.15, 0.2) is 4.18 Å². The van der Waals surface area contributed by atoms with Gasteiger partial charge in [0.2, 0.25) is 0 Å². The van der Waals surface area contributed by atoms with E-state index in [0.717, 1.165) is 0 Å². The van der Waals surface area contributed by atoms with E-state index < -0.39 is 4.18 Å². The van der Waals surface area contributed by atoms with Crippen molar-refractivity contribution in [3.63, 3.8) is 0 Å². The number of hydrogen-bond donors (Lipinski definition) is 0. The second-order valence-corrected chi connectivity index (χ2v) is 2.15. The molecular formula is C3H6FI. The molecule has 0 N–H and O–H groups in total. The Balaban J connectivity index is 2.54. The molecular weight excluding hydrogens is 182 g/mol. The van der Waals surface area contributed by atoms with E-state index in [0.29, 0.717) is 6.42 Å². The normalized spacial score (nSPS) is 15.0. The topological polar surface area (TPSA) is 0 Å². The van der Waals surface area contributed by atoms with Crippen molar-refractivity contribution >= 4 is 22.6 Å². The van der Waals surface area contributed by atoms with Crippen LogP contribution in [-0.2, 0) is 0 Å². The average Bonchev–Trinajstić information content (AvgIpc) is 1.38. The SMILES string of the molecule is CCC(F)I. The molecule has 2 heteroatoms. The maximum atomic E-state index is 11.4. The minimum absolute atomic E-state index is 0.626. The fraction of sp³-hybridized carbons (Fsp3) is 1.00. The van der Waals surface area contributed by atoms with Crippen LogP contribution in [0.15, 0.2) is 0 Å². The van der Waals surface area contributed by atoms with Crippen molar-refractivity contribution in [1.29, 1.82) is 0 Å². The molecule has 0 aromatic carbocycles. The summed E-state index contributed by atoms with van der Waals surface area (Å²) in [5, 5.41) is 0. The Bertz CT molecular complexity index is 20.9. The van der Waals surface area contributed by atoms with Gasteiger partial charge in [-0.15, -0.1) is 0 Å². The second-order valence-electron chi connectivity index (χ2n) is 0.799. The molecule has 0 aromatic heterocycles. The highest BCUT2D eigenvalue weighted by atomic mass is 127. The molecule has 5 heavy (non-hydrogen) atoms. The van der Waals surface area contributed by atoms with E-state index in [1.807, 2.05) is 6.92 Å². The Labute approximate surface area is 44.9 Å². The van der Waals surface area contributed by atoms with Gasteiger partial charge in [-0.2, -0.15) is 0 Å². The van der Waals surface area contributed by atoms with E-state index in [-0.39, 0.29) is 0 Å². The van der Waals surface area contributed by atoms with Gasteiger partial charge in [-0.1, -0.05) is 6.92 Å². The summed E-state index contributed by atoms with van der Waals surface area (Å²) >= 11 is 1.74. The first-order chi connectivity index (χ1) is 2.27. The molecule has 0 aliphatic carbocycles. The largest absolute Gasteiger partial charge is 0.236 e. The second kappa shape index (κ2) is 2.87. The van der Waals surface area contributed by atoms with Crippen LogP contribution in [0.5, 0.6) is 0 Å². The minimum Gasteiger partial charge on any atom is -0.236 e. The van der Waals surface area contributed by atoms with Crippen LogP contribution in [0, 0.1) is 0 Å². The summed E-state index contributed by atoms with van der Waals surface area (Å²) in [6, 6.07) is 0. The maximum Gasteiger partial charge on any atom is 0.150 e. The Hall–Kier alpha value is 0.660. The molecule has 1 unspecified atom stereocenters. The zero-order valence-corrected chi connectivity index (χ0v) is 5.20. The van der Waals surface area contributed by atoms with Crippen LogP contribution < -0.4 is 0 Å². The lowest BCUT2D eigenvalue weighted by Crippen LogP contribution is -1.76. The smallest absolute Gasteiger partial charge is 0.150 e. The van der Waals surface area contributed by atoms with Crippen LogP contribution in [0.1, 0.15) is 13.3 Å². The average molecular weight is 188 g/mol. The van der Waals surface area contributed by atoms with Crippen LogP contribution >= 0.6 is 22.6 Å². The summed E-state index contributed by atoms with van der Waals surface area (Å²) in [6.45, 7) is 1.82. The zero-order chi connectivity index (χ0) is 4.28. The monoisotopic (exact) mass is 188 g/mol. The summed E-state index contributed by atoms with van der Waals surface area (Å²) in [5.41, 5.74) is 0. The summed E-state index contributed by atoms with van der Waals surface area (Å²) in [7, 11) is 0. The Morgan fingerprint density at radius 2 is 2.20 bits per heavy atom. The van der Waals surface area contributed by atoms with Gasteiger partial charge in [0.25, 0.3) is 0 Å². The van der Waals surface area contributed by atoms with E-state index in [1.165, 1.54) is 0 Å². The highest BCUT2D eigenvalue weighted by molar-refractivity contribution is 14.1. The van der Waals surface area contributed by atoms with Crippen LogP contribution in [0.25, 0.3) is 0 Å². The molecule has 0 amide bonds. The summed E-state index contributed by atoms with van der Waals surface area (Å²) in [5.74, 6) is 0. The van der Waals surface area contributed by atoms with Gasteiger partial charge < -0.3 is 0 Å². The molecule has 1 atom stereocenters. The minimum atomic E-state index is -0.646. The first-order valence-corrected chi connectivity index (χ1v) is 2.80. The van der Waals surface area contributed by atoms with Crippen molar-refractivity contribution in [1.82, 2.24) is 0 Å². The molecule has 0 nitrogen and oxygen atoms in total. The molecule has 0 spiro atoms.